The zero-order valence-corrected chi connectivity index (χ0v) is 12.6. The van der Waals surface area contributed by atoms with Crippen LogP contribution < -0.4 is 5.32 Å². The summed E-state index contributed by atoms with van der Waals surface area (Å²) >= 11 is 0. The highest BCUT2D eigenvalue weighted by Gasteiger charge is 2.23. The van der Waals surface area contributed by atoms with Crippen molar-refractivity contribution in [2.45, 2.75) is 13.0 Å². The van der Waals surface area contributed by atoms with Crippen molar-refractivity contribution in [3.63, 3.8) is 0 Å². The molecule has 2 aromatic carbocycles. The van der Waals surface area contributed by atoms with Crippen LogP contribution in [0.5, 0.6) is 0 Å². The Labute approximate surface area is 133 Å². The van der Waals surface area contributed by atoms with Gasteiger partial charge < -0.3 is 5.32 Å². The van der Waals surface area contributed by atoms with Gasteiger partial charge >= 0.3 is 0 Å². The van der Waals surface area contributed by atoms with E-state index in [1.54, 1.807) is 16.8 Å². The third kappa shape index (κ3) is 2.50. The molecular weight excluding hydrogens is 291 g/mol. The maximum atomic E-state index is 13.2. The molecule has 0 bridgehead atoms. The fourth-order valence-corrected chi connectivity index (χ4v) is 2.73. The van der Waals surface area contributed by atoms with Gasteiger partial charge in [-0.1, -0.05) is 42.0 Å². The van der Waals surface area contributed by atoms with Crippen LogP contribution in [0.15, 0.2) is 60.9 Å². The Morgan fingerprint density at radius 2 is 1.78 bits per heavy atom. The lowest BCUT2D eigenvalue weighted by molar-refractivity contribution is 0.603. The van der Waals surface area contributed by atoms with E-state index in [1.165, 1.54) is 24.0 Å². The monoisotopic (exact) mass is 306 g/mol. The molecule has 1 aromatic heterocycles. The van der Waals surface area contributed by atoms with Gasteiger partial charge in [-0.2, -0.15) is 10.1 Å². The molecule has 5 heteroatoms. The van der Waals surface area contributed by atoms with E-state index in [9.17, 15) is 4.39 Å². The molecular formula is C18H15FN4. The number of nitrogens with zero attached hydrogens (tertiary/aromatic N) is 3. The van der Waals surface area contributed by atoms with Gasteiger partial charge in [0.25, 0.3) is 0 Å². The van der Waals surface area contributed by atoms with Crippen LogP contribution in [0.2, 0.25) is 0 Å². The Kier molecular flexibility index (Phi) is 3.19. The number of nitrogens with one attached hydrogen (secondary N) is 1. The van der Waals surface area contributed by atoms with Gasteiger partial charge in [0, 0.05) is 5.70 Å². The molecule has 114 valence electrons. The summed E-state index contributed by atoms with van der Waals surface area (Å²) in [4.78, 5) is 4.27. The highest BCUT2D eigenvalue weighted by Crippen LogP contribution is 2.31. The van der Waals surface area contributed by atoms with Crippen LogP contribution in [0.1, 0.15) is 22.7 Å². The molecule has 0 saturated carbocycles. The molecule has 3 aromatic rings. The molecule has 0 spiro atoms. The van der Waals surface area contributed by atoms with Crippen LogP contribution in [-0.4, -0.2) is 14.8 Å². The SMILES string of the molecule is Cc1ccc(C2=C[C@@H](c3ccc(F)cc3)n3ncnc3N2)cc1. The summed E-state index contributed by atoms with van der Waals surface area (Å²) in [6, 6.07) is 14.7. The second kappa shape index (κ2) is 5.35. The Morgan fingerprint density at radius 3 is 2.52 bits per heavy atom. The Balaban J connectivity index is 1.79. The molecule has 4 nitrogen and oxygen atoms in total. The number of aryl methyl sites for hydroxylation is 1. The molecule has 1 N–H and O–H groups in total. The van der Waals surface area contributed by atoms with Crippen molar-refractivity contribution >= 4 is 11.6 Å². The van der Waals surface area contributed by atoms with Crippen LogP contribution in [0, 0.1) is 12.7 Å². The van der Waals surface area contributed by atoms with Gasteiger partial charge in [-0.25, -0.2) is 9.07 Å². The Bertz CT molecular complexity index is 863. The summed E-state index contributed by atoms with van der Waals surface area (Å²) in [5.41, 5.74) is 4.23. The van der Waals surface area contributed by atoms with Crippen LogP contribution in [-0.2, 0) is 0 Å². The lowest BCUT2D eigenvalue weighted by atomic mass is 10.0. The number of benzene rings is 2. The zero-order valence-electron chi connectivity index (χ0n) is 12.6. The van der Waals surface area contributed by atoms with E-state index in [0.29, 0.717) is 5.95 Å². The van der Waals surface area contributed by atoms with Gasteiger partial charge in [-0.05, 0) is 36.3 Å². The first-order valence-corrected chi connectivity index (χ1v) is 7.41. The molecule has 2 heterocycles. The highest BCUT2D eigenvalue weighted by molar-refractivity contribution is 5.77. The van der Waals surface area contributed by atoms with E-state index in [2.05, 4.69) is 52.7 Å². The van der Waals surface area contributed by atoms with E-state index in [-0.39, 0.29) is 11.9 Å². The number of hydrogen-bond donors (Lipinski definition) is 1. The lowest BCUT2D eigenvalue weighted by Crippen LogP contribution is -2.20. The van der Waals surface area contributed by atoms with Crippen molar-refractivity contribution in [2.75, 3.05) is 5.32 Å². The first-order valence-electron chi connectivity index (χ1n) is 7.41. The summed E-state index contributed by atoms with van der Waals surface area (Å²) < 4.78 is 15.0. The molecule has 0 amide bonds. The fourth-order valence-electron chi connectivity index (χ4n) is 2.73. The molecule has 0 radical (unpaired) electrons. The normalized spacial score (nSPS) is 16.4. The number of anilines is 1. The lowest BCUT2D eigenvalue weighted by Gasteiger charge is -2.24. The molecule has 23 heavy (non-hydrogen) atoms. The first kappa shape index (κ1) is 13.7. The summed E-state index contributed by atoms with van der Waals surface area (Å²) in [6.45, 7) is 2.06. The van der Waals surface area contributed by atoms with Gasteiger partial charge in [0.05, 0.1) is 0 Å². The van der Waals surface area contributed by atoms with E-state index >= 15 is 0 Å². The van der Waals surface area contributed by atoms with Gasteiger partial charge in [0.15, 0.2) is 0 Å². The third-order valence-electron chi connectivity index (χ3n) is 3.98. The van der Waals surface area contributed by atoms with Crippen molar-refractivity contribution in [1.82, 2.24) is 14.8 Å². The molecule has 0 fully saturated rings. The summed E-state index contributed by atoms with van der Waals surface area (Å²) in [5.74, 6) is 0.432. The van der Waals surface area contributed by atoms with E-state index in [0.717, 1.165) is 16.8 Å². The Morgan fingerprint density at radius 1 is 1.04 bits per heavy atom. The molecule has 4 rings (SSSR count). The van der Waals surface area contributed by atoms with Crippen LogP contribution in [0.25, 0.3) is 5.70 Å². The molecule has 1 atom stereocenters. The summed E-state index contributed by atoms with van der Waals surface area (Å²) in [6.07, 6.45) is 3.60. The van der Waals surface area contributed by atoms with E-state index in [4.69, 9.17) is 0 Å². The van der Waals surface area contributed by atoms with Gasteiger partial charge in [-0.15, -0.1) is 0 Å². The predicted molar refractivity (Wildman–Crippen MR) is 87.3 cm³/mol. The average molecular weight is 306 g/mol. The van der Waals surface area contributed by atoms with Crippen LogP contribution in [0.3, 0.4) is 0 Å². The largest absolute Gasteiger partial charge is 0.324 e. The smallest absolute Gasteiger partial charge is 0.226 e. The quantitative estimate of drug-likeness (QED) is 0.783. The molecule has 0 saturated heterocycles. The standard InChI is InChI=1S/C18H15FN4/c1-12-2-4-13(5-3-12)16-10-17(14-6-8-15(19)9-7-14)23-18(22-16)20-11-21-23/h2-11,17H,1H3,(H,20,21,22)/t17-/m0/s1. The van der Waals surface area contributed by atoms with Crippen molar-refractivity contribution < 1.29 is 4.39 Å². The number of halogens is 1. The molecule has 0 unspecified atom stereocenters. The van der Waals surface area contributed by atoms with Crippen LogP contribution >= 0.6 is 0 Å². The number of rotatable bonds is 2. The van der Waals surface area contributed by atoms with E-state index in [1.807, 2.05) is 0 Å². The second-order valence-electron chi connectivity index (χ2n) is 5.60. The third-order valence-corrected chi connectivity index (χ3v) is 3.98. The number of hydrogen-bond acceptors (Lipinski definition) is 3. The van der Waals surface area contributed by atoms with Crippen molar-refractivity contribution in [1.29, 1.82) is 0 Å². The van der Waals surface area contributed by atoms with E-state index < -0.39 is 0 Å². The molecule has 1 aliphatic heterocycles. The van der Waals surface area contributed by atoms with Gasteiger partial charge in [0.2, 0.25) is 5.95 Å². The summed E-state index contributed by atoms with van der Waals surface area (Å²) in [7, 11) is 0. The second-order valence-corrected chi connectivity index (χ2v) is 5.60. The topological polar surface area (TPSA) is 42.7 Å². The fraction of sp³-hybridized carbons (Fsp3) is 0.111. The molecule has 0 aliphatic carbocycles. The van der Waals surface area contributed by atoms with Crippen molar-refractivity contribution in [2.24, 2.45) is 0 Å². The molecule has 1 aliphatic rings. The van der Waals surface area contributed by atoms with Crippen molar-refractivity contribution in [3.8, 4) is 0 Å². The summed E-state index contributed by atoms with van der Waals surface area (Å²) in [5, 5.41) is 7.58. The zero-order chi connectivity index (χ0) is 15.8. The minimum atomic E-state index is -0.246. The minimum Gasteiger partial charge on any atom is -0.324 e. The number of fused-ring (bicyclic) bond motifs is 1. The van der Waals surface area contributed by atoms with Crippen molar-refractivity contribution in [3.05, 3.63) is 83.4 Å². The number of allylic oxidation sites excluding steroid dienone is 1. The van der Waals surface area contributed by atoms with Gasteiger partial charge in [0.1, 0.15) is 18.2 Å². The van der Waals surface area contributed by atoms with Crippen LogP contribution in [0.4, 0.5) is 10.3 Å². The minimum absolute atomic E-state index is 0.120. The first-order chi connectivity index (χ1) is 11.2. The number of aromatic nitrogens is 3. The maximum Gasteiger partial charge on any atom is 0.226 e. The van der Waals surface area contributed by atoms with Gasteiger partial charge in [-0.3, -0.25) is 0 Å². The Hall–Kier alpha value is -2.95. The average Bonchev–Trinajstić information content (AvgIpc) is 3.04. The maximum absolute atomic E-state index is 13.2. The highest BCUT2D eigenvalue weighted by atomic mass is 19.1. The predicted octanol–water partition coefficient (Wildman–Crippen LogP) is 3.78.